The van der Waals surface area contributed by atoms with Crippen LogP contribution in [0.3, 0.4) is 0 Å². The molecule has 0 radical (unpaired) electrons. The maximum Gasteiger partial charge on any atom is 0.326 e. The van der Waals surface area contributed by atoms with Gasteiger partial charge in [0.1, 0.15) is 6.04 Å². The molecule has 2 unspecified atom stereocenters. The average molecular weight is 285 g/mol. The molecule has 1 saturated heterocycles. The van der Waals surface area contributed by atoms with E-state index in [4.69, 9.17) is 5.11 Å². The van der Waals surface area contributed by atoms with Crippen LogP contribution >= 0.6 is 0 Å². The standard InChI is InChI=1S/C14H27N3O3/c1-4-5-6-12(13(18)19)15-14(20)17(3)10-11-7-8-16(2)9-11/h11-12H,4-10H2,1-3H3,(H,15,20)(H,18,19). The average Bonchev–Trinajstić information content (AvgIpc) is 2.79. The third kappa shape index (κ3) is 5.36. The highest BCUT2D eigenvalue weighted by molar-refractivity contribution is 5.82. The lowest BCUT2D eigenvalue weighted by molar-refractivity contribution is -0.139. The highest BCUT2D eigenvalue weighted by Gasteiger charge is 2.25. The number of urea groups is 1. The van der Waals surface area contributed by atoms with Gasteiger partial charge in [-0.05, 0) is 32.4 Å². The van der Waals surface area contributed by atoms with Gasteiger partial charge in [0, 0.05) is 20.1 Å². The van der Waals surface area contributed by atoms with Crippen molar-refractivity contribution in [1.29, 1.82) is 0 Å². The van der Waals surface area contributed by atoms with Crippen molar-refractivity contribution >= 4 is 12.0 Å². The number of carbonyl (C=O) groups is 2. The van der Waals surface area contributed by atoms with Crippen LogP contribution in [0.4, 0.5) is 4.79 Å². The molecule has 20 heavy (non-hydrogen) atoms. The van der Waals surface area contributed by atoms with Crippen molar-refractivity contribution in [1.82, 2.24) is 15.1 Å². The van der Waals surface area contributed by atoms with E-state index in [1.54, 1.807) is 11.9 Å². The maximum atomic E-state index is 12.0. The van der Waals surface area contributed by atoms with E-state index in [1.165, 1.54) is 0 Å². The van der Waals surface area contributed by atoms with Crippen molar-refractivity contribution in [2.24, 2.45) is 5.92 Å². The molecule has 0 bridgehead atoms. The van der Waals surface area contributed by atoms with Crippen LogP contribution in [0.15, 0.2) is 0 Å². The molecule has 1 heterocycles. The van der Waals surface area contributed by atoms with E-state index in [9.17, 15) is 9.59 Å². The highest BCUT2D eigenvalue weighted by Crippen LogP contribution is 2.15. The smallest absolute Gasteiger partial charge is 0.326 e. The minimum absolute atomic E-state index is 0.289. The summed E-state index contributed by atoms with van der Waals surface area (Å²) in [5.74, 6) is -0.476. The van der Waals surface area contributed by atoms with Crippen molar-refractivity contribution in [2.45, 2.75) is 38.6 Å². The van der Waals surface area contributed by atoms with Gasteiger partial charge in [-0.15, -0.1) is 0 Å². The number of rotatable bonds is 7. The number of hydrogen-bond donors (Lipinski definition) is 2. The molecule has 0 aromatic rings. The Morgan fingerprint density at radius 1 is 1.50 bits per heavy atom. The minimum Gasteiger partial charge on any atom is -0.480 e. The zero-order valence-corrected chi connectivity index (χ0v) is 12.8. The summed E-state index contributed by atoms with van der Waals surface area (Å²) >= 11 is 0. The summed E-state index contributed by atoms with van der Waals surface area (Å²) in [7, 11) is 3.80. The van der Waals surface area contributed by atoms with Gasteiger partial charge in [-0.25, -0.2) is 9.59 Å². The summed E-state index contributed by atoms with van der Waals surface area (Å²) in [6.45, 7) is 4.74. The first-order valence-electron chi connectivity index (χ1n) is 7.37. The van der Waals surface area contributed by atoms with Crippen LogP contribution < -0.4 is 5.32 Å². The second-order valence-corrected chi connectivity index (χ2v) is 5.78. The number of carboxylic acid groups (broad SMARTS) is 1. The third-order valence-electron chi connectivity index (χ3n) is 3.81. The molecule has 0 aromatic carbocycles. The molecule has 0 aliphatic carbocycles. The van der Waals surface area contributed by atoms with E-state index >= 15 is 0 Å². The molecule has 2 amide bonds. The fourth-order valence-corrected chi connectivity index (χ4v) is 2.57. The summed E-state index contributed by atoms with van der Waals surface area (Å²) < 4.78 is 0. The van der Waals surface area contributed by atoms with Crippen LogP contribution in [-0.2, 0) is 4.79 Å². The number of aliphatic carboxylic acids is 1. The van der Waals surface area contributed by atoms with Crippen LogP contribution in [-0.4, -0.2) is 66.7 Å². The largest absolute Gasteiger partial charge is 0.480 e. The molecule has 0 aromatic heterocycles. The fraction of sp³-hybridized carbons (Fsp3) is 0.857. The molecule has 1 aliphatic rings. The lowest BCUT2D eigenvalue weighted by atomic mass is 10.1. The Bertz CT molecular complexity index is 336. The molecule has 1 rings (SSSR count). The van der Waals surface area contributed by atoms with E-state index in [0.717, 1.165) is 32.4 Å². The predicted octanol–water partition coefficient (Wildman–Crippen LogP) is 1.22. The lowest BCUT2D eigenvalue weighted by Crippen LogP contribution is -2.47. The second kappa shape index (κ2) is 8.09. The normalized spacial score (nSPS) is 20.6. The molecule has 0 spiro atoms. The van der Waals surface area contributed by atoms with E-state index in [-0.39, 0.29) is 6.03 Å². The summed E-state index contributed by atoms with van der Waals surface area (Å²) in [5, 5.41) is 11.7. The molecule has 1 fully saturated rings. The van der Waals surface area contributed by atoms with Gasteiger partial charge in [-0.1, -0.05) is 19.8 Å². The Hall–Kier alpha value is -1.30. The van der Waals surface area contributed by atoms with Gasteiger partial charge in [0.05, 0.1) is 0 Å². The molecule has 0 saturated carbocycles. The van der Waals surface area contributed by atoms with Crippen molar-refractivity contribution in [3.8, 4) is 0 Å². The molecule has 2 N–H and O–H groups in total. The SMILES string of the molecule is CCCCC(NC(=O)N(C)CC1CCN(C)C1)C(=O)O. The molecular weight excluding hydrogens is 258 g/mol. The van der Waals surface area contributed by atoms with Crippen molar-refractivity contribution < 1.29 is 14.7 Å². The Labute approximate surface area is 121 Å². The van der Waals surface area contributed by atoms with Crippen molar-refractivity contribution in [3.05, 3.63) is 0 Å². The van der Waals surface area contributed by atoms with Gasteiger partial charge in [-0.2, -0.15) is 0 Å². The predicted molar refractivity (Wildman–Crippen MR) is 77.7 cm³/mol. The van der Waals surface area contributed by atoms with Crippen LogP contribution in [0.5, 0.6) is 0 Å². The van der Waals surface area contributed by atoms with E-state index in [0.29, 0.717) is 18.9 Å². The second-order valence-electron chi connectivity index (χ2n) is 5.78. The minimum atomic E-state index is -0.958. The van der Waals surface area contributed by atoms with Gasteiger partial charge >= 0.3 is 12.0 Å². The first-order valence-corrected chi connectivity index (χ1v) is 7.37. The zero-order valence-electron chi connectivity index (χ0n) is 12.8. The summed E-state index contributed by atoms with van der Waals surface area (Å²) in [5.41, 5.74) is 0. The van der Waals surface area contributed by atoms with Gasteiger partial charge in [0.2, 0.25) is 0 Å². The number of carboxylic acids is 1. The summed E-state index contributed by atoms with van der Waals surface area (Å²) in [6.07, 6.45) is 3.29. The van der Waals surface area contributed by atoms with Gasteiger partial charge in [0.25, 0.3) is 0 Å². The number of carbonyl (C=O) groups excluding carboxylic acids is 1. The fourth-order valence-electron chi connectivity index (χ4n) is 2.57. The first kappa shape index (κ1) is 16.8. The molecule has 2 atom stereocenters. The lowest BCUT2D eigenvalue weighted by Gasteiger charge is -2.24. The van der Waals surface area contributed by atoms with Crippen LogP contribution in [0.1, 0.15) is 32.6 Å². The third-order valence-corrected chi connectivity index (χ3v) is 3.81. The van der Waals surface area contributed by atoms with Crippen molar-refractivity contribution in [2.75, 3.05) is 33.7 Å². The quantitative estimate of drug-likeness (QED) is 0.738. The van der Waals surface area contributed by atoms with Crippen LogP contribution in [0.2, 0.25) is 0 Å². The van der Waals surface area contributed by atoms with E-state index < -0.39 is 12.0 Å². The number of hydrogen-bond acceptors (Lipinski definition) is 3. The molecule has 6 heteroatoms. The van der Waals surface area contributed by atoms with Gasteiger partial charge < -0.3 is 20.2 Å². The Balaban J connectivity index is 2.40. The number of amides is 2. The van der Waals surface area contributed by atoms with Gasteiger partial charge in [0.15, 0.2) is 0 Å². The Morgan fingerprint density at radius 3 is 2.70 bits per heavy atom. The maximum absolute atomic E-state index is 12.0. The molecule has 6 nitrogen and oxygen atoms in total. The topological polar surface area (TPSA) is 72.9 Å². The zero-order chi connectivity index (χ0) is 15.1. The van der Waals surface area contributed by atoms with Crippen LogP contribution in [0.25, 0.3) is 0 Å². The Morgan fingerprint density at radius 2 is 2.20 bits per heavy atom. The number of likely N-dealkylation sites (tertiary alicyclic amines) is 1. The van der Waals surface area contributed by atoms with E-state index in [2.05, 4.69) is 17.3 Å². The summed E-state index contributed by atoms with van der Waals surface area (Å²) in [4.78, 5) is 27.0. The van der Waals surface area contributed by atoms with Gasteiger partial charge in [-0.3, -0.25) is 0 Å². The number of nitrogens with one attached hydrogen (secondary N) is 1. The number of nitrogens with zero attached hydrogens (tertiary/aromatic N) is 2. The van der Waals surface area contributed by atoms with E-state index in [1.807, 2.05) is 6.92 Å². The highest BCUT2D eigenvalue weighted by atomic mass is 16.4. The first-order chi connectivity index (χ1) is 9.43. The molecule has 116 valence electrons. The Kier molecular flexibility index (Phi) is 6.78. The van der Waals surface area contributed by atoms with Crippen molar-refractivity contribution in [3.63, 3.8) is 0 Å². The monoisotopic (exact) mass is 285 g/mol. The molecular formula is C14H27N3O3. The summed E-state index contributed by atoms with van der Waals surface area (Å²) in [6, 6.07) is -1.07. The molecule has 1 aliphatic heterocycles. The number of unbranched alkanes of at least 4 members (excludes halogenated alkanes) is 1. The van der Waals surface area contributed by atoms with Crippen LogP contribution in [0, 0.1) is 5.92 Å².